The molecule has 7 heteroatoms. The van der Waals surface area contributed by atoms with E-state index in [1.165, 1.54) is 6.26 Å². The van der Waals surface area contributed by atoms with Gasteiger partial charge in [-0.3, -0.25) is 4.79 Å². The van der Waals surface area contributed by atoms with E-state index in [1.54, 1.807) is 31.3 Å². The highest BCUT2D eigenvalue weighted by Crippen LogP contribution is 2.11. The molecule has 0 fully saturated rings. The van der Waals surface area contributed by atoms with Crippen molar-refractivity contribution in [3.8, 4) is 0 Å². The van der Waals surface area contributed by atoms with Gasteiger partial charge in [0, 0.05) is 24.9 Å². The molecule has 0 saturated heterocycles. The third-order valence-electron chi connectivity index (χ3n) is 2.27. The molecule has 0 radical (unpaired) electrons. The van der Waals surface area contributed by atoms with Crippen LogP contribution in [0.4, 0.5) is 5.69 Å². The summed E-state index contributed by atoms with van der Waals surface area (Å²) in [7, 11) is -1.24. The highest BCUT2D eigenvalue weighted by atomic mass is 35.5. The number of hydrogen-bond acceptors (Lipinski definition) is 4. The van der Waals surface area contributed by atoms with E-state index in [4.69, 9.17) is 0 Å². The molecule has 0 spiro atoms. The molecule has 0 aliphatic rings. The van der Waals surface area contributed by atoms with Crippen LogP contribution in [0.15, 0.2) is 24.3 Å². The van der Waals surface area contributed by atoms with Crippen molar-refractivity contribution in [3.05, 3.63) is 29.8 Å². The normalized spacial score (nSPS) is 10.6. The van der Waals surface area contributed by atoms with Gasteiger partial charge in [-0.05, 0) is 24.7 Å². The Labute approximate surface area is 120 Å². The second kappa shape index (κ2) is 8.14. The van der Waals surface area contributed by atoms with E-state index >= 15 is 0 Å². The van der Waals surface area contributed by atoms with Crippen LogP contribution in [-0.2, 0) is 20.4 Å². The Hall–Kier alpha value is -1.11. The first-order chi connectivity index (χ1) is 8.40. The van der Waals surface area contributed by atoms with Crippen LogP contribution in [0.1, 0.15) is 12.0 Å². The molecule has 0 bridgehead atoms. The third-order valence-corrected chi connectivity index (χ3v) is 3.13. The molecule has 0 saturated carbocycles. The molecule has 19 heavy (non-hydrogen) atoms. The quantitative estimate of drug-likeness (QED) is 0.828. The maximum Gasteiger partial charge on any atom is 0.225 e. The fraction of sp³-hybridized carbons (Fsp3) is 0.417. The van der Waals surface area contributed by atoms with Gasteiger partial charge in [-0.2, -0.15) is 0 Å². The molecule has 0 aliphatic heterocycles. The van der Waals surface area contributed by atoms with Crippen LogP contribution in [0, 0.1) is 0 Å². The van der Waals surface area contributed by atoms with Crippen molar-refractivity contribution in [2.75, 3.05) is 25.2 Å². The van der Waals surface area contributed by atoms with Crippen molar-refractivity contribution in [2.45, 2.75) is 12.2 Å². The van der Waals surface area contributed by atoms with Gasteiger partial charge in [-0.1, -0.05) is 12.1 Å². The van der Waals surface area contributed by atoms with E-state index in [-0.39, 0.29) is 24.1 Å². The van der Waals surface area contributed by atoms with Crippen LogP contribution in [0.5, 0.6) is 0 Å². The van der Waals surface area contributed by atoms with Crippen molar-refractivity contribution >= 4 is 33.8 Å². The standard InChI is InChI=1S/C12H18N2O3S.ClH/c1-13-8-7-12(15)14-11-5-3-10(4-6-11)9-18(2,16)17;/h3-6,13H,7-9H2,1-2H3,(H,14,15);1H. The molecule has 1 amide bonds. The number of rotatable bonds is 6. The van der Waals surface area contributed by atoms with Gasteiger partial charge < -0.3 is 10.6 Å². The number of carbonyl (C=O) groups is 1. The van der Waals surface area contributed by atoms with Crippen LogP contribution in [0.25, 0.3) is 0 Å². The van der Waals surface area contributed by atoms with Gasteiger partial charge in [-0.25, -0.2) is 8.42 Å². The maximum atomic E-state index is 11.4. The van der Waals surface area contributed by atoms with Gasteiger partial charge in [-0.15, -0.1) is 12.4 Å². The molecule has 0 heterocycles. The SMILES string of the molecule is CNCCC(=O)Nc1ccc(CS(C)(=O)=O)cc1.Cl. The van der Waals surface area contributed by atoms with Crippen LogP contribution in [0.3, 0.4) is 0 Å². The predicted octanol–water partition coefficient (Wildman–Crippen LogP) is 1.20. The zero-order valence-electron chi connectivity index (χ0n) is 11.0. The minimum atomic E-state index is -3.02. The number of amides is 1. The molecular weight excluding hydrogens is 288 g/mol. The molecule has 1 aromatic carbocycles. The van der Waals surface area contributed by atoms with Gasteiger partial charge in [0.2, 0.25) is 5.91 Å². The topological polar surface area (TPSA) is 75.3 Å². The molecule has 0 unspecified atom stereocenters. The zero-order chi connectivity index (χ0) is 13.6. The first kappa shape index (κ1) is 17.9. The van der Waals surface area contributed by atoms with Gasteiger partial charge in [0.15, 0.2) is 9.84 Å². The van der Waals surface area contributed by atoms with E-state index < -0.39 is 9.84 Å². The van der Waals surface area contributed by atoms with Crippen LogP contribution >= 0.6 is 12.4 Å². The first-order valence-electron chi connectivity index (χ1n) is 5.62. The first-order valence-corrected chi connectivity index (χ1v) is 7.68. The van der Waals surface area contributed by atoms with Gasteiger partial charge >= 0.3 is 0 Å². The Morgan fingerprint density at radius 1 is 1.21 bits per heavy atom. The van der Waals surface area contributed by atoms with E-state index in [9.17, 15) is 13.2 Å². The summed E-state index contributed by atoms with van der Waals surface area (Å²) >= 11 is 0. The van der Waals surface area contributed by atoms with Crippen LogP contribution in [0.2, 0.25) is 0 Å². The summed E-state index contributed by atoms with van der Waals surface area (Å²) in [5.74, 6) is -0.0544. The maximum absolute atomic E-state index is 11.4. The second-order valence-electron chi connectivity index (χ2n) is 4.17. The summed E-state index contributed by atoms with van der Waals surface area (Å²) in [6.07, 6.45) is 1.60. The number of hydrogen-bond donors (Lipinski definition) is 2. The summed E-state index contributed by atoms with van der Waals surface area (Å²) in [5.41, 5.74) is 1.39. The fourth-order valence-corrected chi connectivity index (χ4v) is 2.25. The molecule has 1 aromatic rings. The lowest BCUT2D eigenvalue weighted by Crippen LogP contribution is -2.18. The molecule has 0 atom stereocenters. The summed E-state index contributed by atoms with van der Waals surface area (Å²) in [4.78, 5) is 11.4. The summed E-state index contributed by atoms with van der Waals surface area (Å²) in [6, 6.07) is 6.82. The monoisotopic (exact) mass is 306 g/mol. The lowest BCUT2D eigenvalue weighted by Gasteiger charge is -2.06. The number of sulfone groups is 1. The van der Waals surface area contributed by atoms with E-state index in [2.05, 4.69) is 10.6 Å². The second-order valence-corrected chi connectivity index (χ2v) is 6.31. The van der Waals surface area contributed by atoms with E-state index in [0.717, 1.165) is 0 Å². The third kappa shape index (κ3) is 7.81. The smallest absolute Gasteiger partial charge is 0.225 e. The molecular formula is C12H19ClN2O3S. The van der Waals surface area contributed by atoms with Gasteiger partial charge in [0.25, 0.3) is 0 Å². The number of halogens is 1. The van der Waals surface area contributed by atoms with Crippen LogP contribution in [-0.4, -0.2) is 34.2 Å². The largest absolute Gasteiger partial charge is 0.326 e. The number of benzene rings is 1. The Morgan fingerprint density at radius 3 is 2.26 bits per heavy atom. The molecule has 0 aliphatic carbocycles. The Kier molecular flexibility index (Phi) is 7.66. The average Bonchev–Trinajstić information content (AvgIpc) is 2.27. The molecule has 0 aromatic heterocycles. The van der Waals surface area contributed by atoms with Crippen molar-refractivity contribution in [2.24, 2.45) is 0 Å². The average molecular weight is 307 g/mol. The van der Waals surface area contributed by atoms with Crippen molar-refractivity contribution < 1.29 is 13.2 Å². The Bertz CT molecular complexity index is 500. The summed E-state index contributed by atoms with van der Waals surface area (Å²) < 4.78 is 22.2. The van der Waals surface area contributed by atoms with E-state index in [1.807, 2.05) is 0 Å². The number of anilines is 1. The number of nitrogens with one attached hydrogen (secondary N) is 2. The Balaban J connectivity index is 0.00000324. The summed E-state index contributed by atoms with van der Waals surface area (Å²) in [6.45, 7) is 0.623. The lowest BCUT2D eigenvalue weighted by molar-refractivity contribution is -0.116. The molecule has 2 N–H and O–H groups in total. The fourth-order valence-electron chi connectivity index (χ4n) is 1.45. The molecule has 108 valence electrons. The van der Waals surface area contributed by atoms with Crippen molar-refractivity contribution in [3.63, 3.8) is 0 Å². The summed E-state index contributed by atoms with van der Waals surface area (Å²) in [5, 5.41) is 5.63. The van der Waals surface area contributed by atoms with Crippen LogP contribution < -0.4 is 10.6 Å². The minimum Gasteiger partial charge on any atom is -0.326 e. The Morgan fingerprint density at radius 2 is 1.79 bits per heavy atom. The van der Waals surface area contributed by atoms with Gasteiger partial charge in [0.05, 0.1) is 5.75 Å². The highest BCUT2D eigenvalue weighted by molar-refractivity contribution is 7.89. The predicted molar refractivity (Wildman–Crippen MR) is 79.4 cm³/mol. The molecule has 5 nitrogen and oxygen atoms in total. The van der Waals surface area contributed by atoms with E-state index in [0.29, 0.717) is 24.2 Å². The minimum absolute atomic E-state index is 0. The van der Waals surface area contributed by atoms with Crippen molar-refractivity contribution in [1.82, 2.24) is 5.32 Å². The number of carbonyl (C=O) groups excluding carboxylic acids is 1. The lowest BCUT2D eigenvalue weighted by atomic mass is 10.2. The highest BCUT2D eigenvalue weighted by Gasteiger charge is 2.05. The van der Waals surface area contributed by atoms with Crippen molar-refractivity contribution in [1.29, 1.82) is 0 Å². The molecule has 1 rings (SSSR count). The van der Waals surface area contributed by atoms with Gasteiger partial charge in [0.1, 0.15) is 0 Å². The zero-order valence-corrected chi connectivity index (χ0v) is 12.6.